The van der Waals surface area contributed by atoms with Gasteiger partial charge in [0.25, 0.3) is 0 Å². The van der Waals surface area contributed by atoms with E-state index in [9.17, 15) is 13.2 Å². The Morgan fingerprint density at radius 1 is 1.38 bits per heavy atom. The summed E-state index contributed by atoms with van der Waals surface area (Å²) in [5.41, 5.74) is -0.951. The predicted molar refractivity (Wildman–Crippen MR) is 75.3 cm³/mol. The van der Waals surface area contributed by atoms with Crippen LogP contribution >= 0.6 is 0 Å². The number of hydrogen-bond donors (Lipinski definition) is 2. The third kappa shape index (κ3) is 4.20. The molecular formula is C13H20F3N5. The standard InChI is InChI=1S/C13H20F3N5/c1-8(21(3)9-4-5-9)7-18-11-6-10(13(14,15)16)19-12(17-2)20-11/h6,8-9H,4-5,7H2,1-3H3,(H2,17,18,19,20). The molecule has 0 aliphatic heterocycles. The first-order valence-electron chi connectivity index (χ1n) is 6.91. The van der Waals surface area contributed by atoms with Gasteiger partial charge in [0, 0.05) is 31.7 Å². The summed E-state index contributed by atoms with van der Waals surface area (Å²) in [4.78, 5) is 9.67. The van der Waals surface area contributed by atoms with Gasteiger partial charge in [-0.05, 0) is 26.8 Å². The van der Waals surface area contributed by atoms with Crippen LogP contribution in [-0.4, -0.2) is 47.6 Å². The number of alkyl halides is 3. The van der Waals surface area contributed by atoms with Crippen molar-refractivity contribution in [2.75, 3.05) is 31.3 Å². The van der Waals surface area contributed by atoms with Crippen LogP contribution in [0, 0.1) is 0 Å². The van der Waals surface area contributed by atoms with E-state index in [1.54, 1.807) is 0 Å². The molecule has 1 atom stereocenters. The molecule has 1 aliphatic carbocycles. The number of likely N-dealkylation sites (N-methyl/N-ethyl adjacent to an activating group) is 1. The largest absolute Gasteiger partial charge is 0.433 e. The SMILES string of the molecule is CNc1nc(NCC(C)N(C)C2CC2)cc(C(F)(F)F)n1. The molecule has 1 aliphatic rings. The van der Waals surface area contributed by atoms with Crippen LogP contribution in [0.3, 0.4) is 0 Å². The molecule has 2 rings (SSSR count). The number of hydrogen-bond acceptors (Lipinski definition) is 5. The Morgan fingerprint density at radius 3 is 2.57 bits per heavy atom. The fraction of sp³-hybridized carbons (Fsp3) is 0.692. The summed E-state index contributed by atoms with van der Waals surface area (Å²) >= 11 is 0. The van der Waals surface area contributed by atoms with Crippen molar-refractivity contribution in [3.63, 3.8) is 0 Å². The normalized spacial score (nSPS) is 16.9. The minimum absolute atomic E-state index is 0.0458. The Morgan fingerprint density at radius 2 is 2.05 bits per heavy atom. The quantitative estimate of drug-likeness (QED) is 0.845. The molecule has 0 amide bonds. The summed E-state index contributed by atoms with van der Waals surface area (Å²) in [5.74, 6) is 0.133. The minimum atomic E-state index is -4.48. The lowest BCUT2D eigenvalue weighted by Gasteiger charge is -2.25. The zero-order valence-electron chi connectivity index (χ0n) is 12.3. The molecule has 0 saturated heterocycles. The first-order chi connectivity index (χ1) is 9.81. The first-order valence-corrected chi connectivity index (χ1v) is 6.91. The molecule has 1 heterocycles. The predicted octanol–water partition coefficient (Wildman–Crippen LogP) is 2.43. The number of halogens is 3. The molecule has 1 unspecified atom stereocenters. The van der Waals surface area contributed by atoms with Crippen molar-refractivity contribution in [2.24, 2.45) is 0 Å². The number of nitrogens with one attached hydrogen (secondary N) is 2. The highest BCUT2D eigenvalue weighted by molar-refractivity contribution is 5.43. The summed E-state index contributed by atoms with van der Waals surface area (Å²) in [6.45, 7) is 2.57. The molecule has 1 fully saturated rings. The van der Waals surface area contributed by atoms with E-state index in [1.165, 1.54) is 19.9 Å². The van der Waals surface area contributed by atoms with Gasteiger partial charge >= 0.3 is 6.18 Å². The zero-order chi connectivity index (χ0) is 15.6. The molecule has 1 saturated carbocycles. The molecule has 8 heteroatoms. The molecular weight excluding hydrogens is 283 g/mol. The number of anilines is 2. The highest BCUT2D eigenvalue weighted by atomic mass is 19.4. The summed E-state index contributed by atoms with van der Waals surface area (Å²) < 4.78 is 38.3. The second-order valence-electron chi connectivity index (χ2n) is 5.34. The third-order valence-corrected chi connectivity index (χ3v) is 3.64. The summed E-state index contributed by atoms with van der Waals surface area (Å²) in [7, 11) is 3.52. The van der Waals surface area contributed by atoms with Gasteiger partial charge < -0.3 is 10.6 Å². The van der Waals surface area contributed by atoms with E-state index in [0.29, 0.717) is 12.6 Å². The van der Waals surface area contributed by atoms with Gasteiger partial charge in [0.2, 0.25) is 5.95 Å². The van der Waals surface area contributed by atoms with Gasteiger partial charge in [-0.15, -0.1) is 0 Å². The van der Waals surface area contributed by atoms with Crippen LogP contribution in [0.2, 0.25) is 0 Å². The van der Waals surface area contributed by atoms with Gasteiger partial charge in [-0.2, -0.15) is 18.2 Å². The van der Waals surface area contributed by atoms with Crippen molar-refractivity contribution in [2.45, 2.75) is 38.0 Å². The van der Waals surface area contributed by atoms with Gasteiger partial charge in [-0.1, -0.05) is 0 Å². The Kier molecular flexibility index (Phi) is 4.55. The van der Waals surface area contributed by atoms with Crippen molar-refractivity contribution < 1.29 is 13.2 Å². The molecule has 118 valence electrons. The van der Waals surface area contributed by atoms with Crippen LogP contribution in [0.25, 0.3) is 0 Å². The first kappa shape index (κ1) is 15.8. The van der Waals surface area contributed by atoms with Crippen LogP contribution in [0.5, 0.6) is 0 Å². The molecule has 2 N–H and O–H groups in total. The zero-order valence-corrected chi connectivity index (χ0v) is 12.3. The van der Waals surface area contributed by atoms with E-state index in [0.717, 1.165) is 6.07 Å². The summed E-state index contributed by atoms with van der Waals surface area (Å²) in [5, 5.41) is 5.51. The average Bonchev–Trinajstić information content (AvgIpc) is 3.27. The summed E-state index contributed by atoms with van der Waals surface area (Å²) in [6.07, 6.45) is -2.10. The molecule has 0 bridgehead atoms. The average molecular weight is 303 g/mol. The van der Waals surface area contributed by atoms with Crippen LogP contribution in [0.1, 0.15) is 25.5 Å². The van der Waals surface area contributed by atoms with E-state index >= 15 is 0 Å². The fourth-order valence-corrected chi connectivity index (χ4v) is 2.03. The van der Waals surface area contributed by atoms with Crippen LogP contribution in [-0.2, 0) is 6.18 Å². The molecule has 0 aromatic carbocycles. The molecule has 1 aromatic rings. The molecule has 21 heavy (non-hydrogen) atoms. The van der Waals surface area contributed by atoms with Gasteiger partial charge in [0.05, 0.1) is 0 Å². The number of aromatic nitrogens is 2. The van der Waals surface area contributed by atoms with Crippen molar-refractivity contribution in [3.8, 4) is 0 Å². The number of rotatable bonds is 6. The second-order valence-corrected chi connectivity index (χ2v) is 5.34. The van der Waals surface area contributed by atoms with Crippen molar-refractivity contribution in [1.29, 1.82) is 0 Å². The molecule has 0 radical (unpaired) electrons. The van der Waals surface area contributed by atoms with Crippen LogP contribution in [0.15, 0.2) is 6.07 Å². The van der Waals surface area contributed by atoms with Gasteiger partial charge in [-0.3, -0.25) is 4.90 Å². The van der Waals surface area contributed by atoms with Crippen LogP contribution < -0.4 is 10.6 Å². The topological polar surface area (TPSA) is 53.1 Å². The Hall–Kier alpha value is -1.57. The smallest absolute Gasteiger partial charge is 0.368 e. The van der Waals surface area contributed by atoms with Crippen LogP contribution in [0.4, 0.5) is 24.9 Å². The van der Waals surface area contributed by atoms with Gasteiger partial charge in [-0.25, -0.2) is 4.98 Å². The lowest BCUT2D eigenvalue weighted by atomic mass is 10.3. The highest BCUT2D eigenvalue weighted by Crippen LogP contribution is 2.30. The maximum Gasteiger partial charge on any atom is 0.433 e. The Bertz CT molecular complexity index is 487. The summed E-state index contributed by atoms with van der Waals surface area (Å²) in [6, 6.07) is 1.76. The van der Waals surface area contributed by atoms with E-state index in [4.69, 9.17) is 0 Å². The fourth-order valence-electron chi connectivity index (χ4n) is 2.03. The van der Waals surface area contributed by atoms with Crippen molar-refractivity contribution in [1.82, 2.24) is 14.9 Å². The van der Waals surface area contributed by atoms with Gasteiger partial charge in [0.1, 0.15) is 5.82 Å². The maximum atomic E-state index is 12.8. The van der Waals surface area contributed by atoms with Crippen molar-refractivity contribution >= 4 is 11.8 Å². The molecule has 0 spiro atoms. The molecule has 1 aromatic heterocycles. The second kappa shape index (κ2) is 6.05. The van der Waals surface area contributed by atoms with E-state index in [1.807, 2.05) is 14.0 Å². The van der Waals surface area contributed by atoms with Crippen molar-refractivity contribution in [3.05, 3.63) is 11.8 Å². The third-order valence-electron chi connectivity index (χ3n) is 3.64. The number of nitrogens with zero attached hydrogens (tertiary/aromatic N) is 3. The van der Waals surface area contributed by atoms with E-state index in [2.05, 4.69) is 25.5 Å². The molecule has 5 nitrogen and oxygen atoms in total. The van der Waals surface area contributed by atoms with E-state index < -0.39 is 11.9 Å². The minimum Gasteiger partial charge on any atom is -0.368 e. The highest BCUT2D eigenvalue weighted by Gasteiger charge is 2.34. The lowest BCUT2D eigenvalue weighted by molar-refractivity contribution is -0.141. The maximum absolute atomic E-state index is 12.8. The Balaban J connectivity index is 2.04. The monoisotopic (exact) mass is 303 g/mol. The van der Waals surface area contributed by atoms with Gasteiger partial charge in [0.15, 0.2) is 5.69 Å². The Labute approximate surface area is 122 Å². The van der Waals surface area contributed by atoms with E-state index in [-0.39, 0.29) is 17.8 Å². The lowest BCUT2D eigenvalue weighted by Crippen LogP contribution is -2.36.